The molecule has 0 N–H and O–H groups in total. The highest BCUT2D eigenvalue weighted by atomic mass is 32.3. The molecule has 156 valence electrons. The Morgan fingerprint density at radius 1 is 0.700 bits per heavy atom. The Hall–Kier alpha value is -2.55. The van der Waals surface area contributed by atoms with E-state index in [-0.39, 0.29) is 16.2 Å². The lowest BCUT2D eigenvalue weighted by molar-refractivity contribution is 0.202. The lowest BCUT2D eigenvalue weighted by Gasteiger charge is -2.36. The summed E-state index contributed by atoms with van der Waals surface area (Å²) >= 11 is 0. The molecule has 8 heteroatoms. The summed E-state index contributed by atoms with van der Waals surface area (Å²) in [6, 6.07) is 19.8. The van der Waals surface area contributed by atoms with Crippen molar-refractivity contribution in [2.45, 2.75) is 34.8 Å². The molecule has 0 saturated heterocycles. The number of nitrogens with zero attached hydrogens (tertiary/aromatic N) is 1. The molecular formula is C22H20FNO4S2. The third-order valence-corrected chi connectivity index (χ3v) is 9.50. The lowest BCUT2D eigenvalue weighted by atomic mass is 9.87. The van der Waals surface area contributed by atoms with E-state index in [4.69, 9.17) is 0 Å². The first-order chi connectivity index (χ1) is 14.3. The Morgan fingerprint density at radius 2 is 1.17 bits per heavy atom. The summed E-state index contributed by atoms with van der Waals surface area (Å²) in [5.74, 6) is 0. The fourth-order valence-corrected chi connectivity index (χ4v) is 7.82. The zero-order valence-electron chi connectivity index (χ0n) is 15.9. The van der Waals surface area contributed by atoms with E-state index < -0.39 is 32.3 Å². The van der Waals surface area contributed by atoms with Gasteiger partial charge in [0.15, 0.2) is 0 Å². The number of hydrogen-bond acceptors (Lipinski definition) is 4. The second-order valence-corrected chi connectivity index (χ2v) is 10.9. The number of rotatable bonds is 5. The number of fused-ring (bicyclic) bond motifs is 1. The molecule has 2 atom stereocenters. The van der Waals surface area contributed by atoms with Crippen molar-refractivity contribution >= 4 is 20.0 Å². The molecule has 0 fully saturated rings. The predicted octanol–water partition coefficient (Wildman–Crippen LogP) is 4.09. The first kappa shape index (κ1) is 20.7. The van der Waals surface area contributed by atoms with Gasteiger partial charge < -0.3 is 0 Å². The van der Waals surface area contributed by atoms with Crippen molar-refractivity contribution < 1.29 is 21.2 Å². The molecule has 3 aromatic carbocycles. The van der Waals surface area contributed by atoms with Crippen molar-refractivity contribution in [3.05, 3.63) is 96.1 Å². The molecule has 0 heterocycles. The maximum atomic E-state index is 15.3. The largest absolute Gasteiger partial charge is 0.257 e. The van der Waals surface area contributed by atoms with Crippen LogP contribution in [-0.4, -0.2) is 26.7 Å². The van der Waals surface area contributed by atoms with Crippen LogP contribution >= 0.6 is 0 Å². The third-order valence-electron chi connectivity index (χ3n) is 5.19. The molecule has 3 aromatic rings. The fourth-order valence-electron chi connectivity index (χ4n) is 3.76. The molecular weight excluding hydrogens is 425 g/mol. The minimum Gasteiger partial charge on any atom is -0.245 e. The van der Waals surface area contributed by atoms with Crippen LogP contribution < -0.4 is 0 Å². The Bertz CT molecular complexity index is 1180. The summed E-state index contributed by atoms with van der Waals surface area (Å²) in [5.41, 5.74) is 1.11. The van der Waals surface area contributed by atoms with Crippen LogP contribution in [-0.2, 0) is 26.5 Å². The van der Waals surface area contributed by atoms with Crippen LogP contribution in [0.2, 0.25) is 0 Å². The highest BCUT2D eigenvalue weighted by molar-refractivity contribution is 8.04. The van der Waals surface area contributed by atoms with Gasteiger partial charge in [0.05, 0.1) is 15.8 Å². The highest BCUT2D eigenvalue weighted by Gasteiger charge is 2.48. The summed E-state index contributed by atoms with van der Waals surface area (Å²) < 4.78 is 70.0. The van der Waals surface area contributed by atoms with Gasteiger partial charge in [-0.15, -0.1) is 0 Å². The second-order valence-electron chi connectivity index (χ2n) is 7.06. The molecule has 1 aliphatic carbocycles. The van der Waals surface area contributed by atoms with Crippen molar-refractivity contribution in [1.82, 2.24) is 3.71 Å². The Labute approximate surface area is 175 Å². The molecule has 0 radical (unpaired) electrons. The first-order valence-corrected chi connectivity index (χ1v) is 12.3. The molecule has 30 heavy (non-hydrogen) atoms. The number of halogens is 1. The number of sulfonamides is 2. The van der Waals surface area contributed by atoms with E-state index in [2.05, 4.69) is 0 Å². The summed E-state index contributed by atoms with van der Waals surface area (Å²) in [7, 11) is -9.15. The number of aryl methyl sites for hydroxylation is 1. The van der Waals surface area contributed by atoms with Gasteiger partial charge in [-0.1, -0.05) is 64.4 Å². The standard InChI is InChI=1S/C22H20FNO4S2/c23-21-16-15-17-9-7-8-14-20(17)22(21)24(29(25,26)18-10-3-1-4-11-18)30(27,28)19-12-5-2-6-13-19/h1-14,21-22H,15-16H2/t21-,22+/m0/s1. The normalized spacial score (nSPS) is 19.4. The number of alkyl halides is 1. The number of hydrogen-bond donors (Lipinski definition) is 0. The maximum absolute atomic E-state index is 15.3. The van der Waals surface area contributed by atoms with Gasteiger partial charge in [-0.05, 0) is 48.2 Å². The van der Waals surface area contributed by atoms with E-state index in [9.17, 15) is 16.8 Å². The van der Waals surface area contributed by atoms with E-state index in [1.807, 2.05) is 0 Å². The van der Waals surface area contributed by atoms with Gasteiger partial charge in [-0.2, -0.15) is 0 Å². The van der Waals surface area contributed by atoms with Crippen LogP contribution in [0.1, 0.15) is 23.6 Å². The first-order valence-electron chi connectivity index (χ1n) is 9.45. The van der Waals surface area contributed by atoms with Crippen LogP contribution in [0, 0.1) is 0 Å². The molecule has 1 aliphatic rings. The van der Waals surface area contributed by atoms with E-state index in [1.165, 1.54) is 48.5 Å². The minimum absolute atomic E-state index is 0.0345. The molecule has 4 rings (SSSR count). The fraction of sp³-hybridized carbons (Fsp3) is 0.182. The Morgan fingerprint density at radius 3 is 1.70 bits per heavy atom. The molecule has 0 aliphatic heterocycles. The van der Waals surface area contributed by atoms with Crippen LogP contribution in [0.3, 0.4) is 0 Å². The van der Waals surface area contributed by atoms with Crippen LogP contribution in [0.15, 0.2) is 94.7 Å². The van der Waals surface area contributed by atoms with Crippen molar-refractivity contribution in [2.24, 2.45) is 0 Å². The van der Waals surface area contributed by atoms with Gasteiger partial charge in [0.2, 0.25) is 0 Å². The van der Waals surface area contributed by atoms with Gasteiger partial charge in [0, 0.05) is 0 Å². The molecule has 5 nitrogen and oxygen atoms in total. The van der Waals surface area contributed by atoms with Crippen molar-refractivity contribution in [2.75, 3.05) is 0 Å². The Kier molecular flexibility index (Phi) is 5.48. The van der Waals surface area contributed by atoms with Gasteiger partial charge >= 0.3 is 0 Å². The molecule has 0 amide bonds. The second kappa shape index (κ2) is 7.94. The lowest BCUT2D eigenvalue weighted by Crippen LogP contribution is -2.45. The molecule has 0 saturated carbocycles. The Balaban J connectivity index is 1.99. The third kappa shape index (κ3) is 3.55. The zero-order chi connectivity index (χ0) is 21.4. The topological polar surface area (TPSA) is 71.5 Å². The van der Waals surface area contributed by atoms with E-state index in [1.54, 1.807) is 36.4 Å². The number of benzene rings is 3. The summed E-state index contributed by atoms with van der Waals surface area (Å²) in [6.45, 7) is 0. The van der Waals surface area contributed by atoms with Gasteiger partial charge in [-0.3, -0.25) is 0 Å². The van der Waals surface area contributed by atoms with Gasteiger partial charge in [0.25, 0.3) is 20.0 Å². The smallest absolute Gasteiger partial charge is 0.245 e. The monoisotopic (exact) mass is 445 g/mol. The minimum atomic E-state index is -4.58. The molecule has 0 bridgehead atoms. The molecule has 0 aromatic heterocycles. The quantitative estimate of drug-likeness (QED) is 0.593. The van der Waals surface area contributed by atoms with Crippen LogP contribution in [0.25, 0.3) is 0 Å². The zero-order valence-corrected chi connectivity index (χ0v) is 17.6. The van der Waals surface area contributed by atoms with Crippen molar-refractivity contribution in [1.29, 1.82) is 0 Å². The van der Waals surface area contributed by atoms with E-state index in [0.29, 0.717) is 15.7 Å². The summed E-state index contributed by atoms with van der Waals surface area (Å²) in [5, 5.41) is 0. The maximum Gasteiger partial charge on any atom is 0.257 e. The summed E-state index contributed by atoms with van der Waals surface area (Å²) in [4.78, 5) is -0.417. The van der Waals surface area contributed by atoms with Crippen LogP contribution in [0.4, 0.5) is 4.39 Å². The summed E-state index contributed by atoms with van der Waals surface area (Å²) in [6.07, 6.45) is -1.22. The predicted molar refractivity (Wildman–Crippen MR) is 111 cm³/mol. The van der Waals surface area contributed by atoms with Gasteiger partial charge in [0.1, 0.15) is 6.17 Å². The van der Waals surface area contributed by atoms with E-state index >= 15 is 4.39 Å². The average Bonchev–Trinajstić information content (AvgIpc) is 2.76. The van der Waals surface area contributed by atoms with E-state index in [0.717, 1.165) is 5.56 Å². The highest BCUT2D eigenvalue weighted by Crippen LogP contribution is 2.42. The van der Waals surface area contributed by atoms with Crippen molar-refractivity contribution in [3.8, 4) is 0 Å². The molecule has 0 spiro atoms. The molecule has 0 unspecified atom stereocenters. The van der Waals surface area contributed by atoms with Crippen molar-refractivity contribution in [3.63, 3.8) is 0 Å². The van der Waals surface area contributed by atoms with Gasteiger partial charge in [-0.25, -0.2) is 21.2 Å². The SMILES string of the molecule is O=S(=O)(c1ccccc1)N([C@@H]1c2ccccc2CC[C@@H]1F)S(=O)(=O)c1ccccc1. The van der Waals surface area contributed by atoms with Crippen LogP contribution in [0.5, 0.6) is 0 Å². The average molecular weight is 446 g/mol.